The van der Waals surface area contributed by atoms with Gasteiger partial charge in [-0.15, -0.1) is 0 Å². The number of rotatable bonds is 11. The number of nitrogens with zero attached hydrogens (tertiary/aromatic N) is 4. The Morgan fingerprint density at radius 3 is 2.77 bits per heavy atom. The van der Waals surface area contributed by atoms with E-state index in [9.17, 15) is 9.90 Å². The molecule has 0 radical (unpaired) electrons. The van der Waals surface area contributed by atoms with Crippen molar-refractivity contribution >= 4 is 17.7 Å². The van der Waals surface area contributed by atoms with E-state index in [1.807, 2.05) is 17.8 Å². The number of carbonyl (C=O) groups excluding carboxylic acids is 1. The molecule has 1 amide bonds. The van der Waals surface area contributed by atoms with Crippen molar-refractivity contribution in [2.24, 2.45) is 5.92 Å². The van der Waals surface area contributed by atoms with Crippen LogP contribution in [-0.4, -0.2) is 87.7 Å². The Kier molecular flexibility index (Phi) is 9.94. The highest BCUT2D eigenvalue weighted by molar-refractivity contribution is 7.99. The molecule has 2 N–H and O–H groups in total. The molecule has 0 bridgehead atoms. The number of likely N-dealkylation sites (tertiary alicyclic amines) is 1. The highest BCUT2D eigenvalue weighted by Gasteiger charge is 2.21. The van der Waals surface area contributed by atoms with Crippen LogP contribution in [0.25, 0.3) is 0 Å². The second kappa shape index (κ2) is 13.3. The molecule has 0 aliphatic carbocycles. The zero-order chi connectivity index (χ0) is 24.5. The van der Waals surface area contributed by atoms with Gasteiger partial charge in [-0.1, -0.05) is 31.2 Å². The van der Waals surface area contributed by atoms with E-state index in [0.29, 0.717) is 18.2 Å². The highest BCUT2D eigenvalue weighted by atomic mass is 32.2. The molecule has 0 unspecified atom stereocenters. The number of piperidine rings is 1. The Bertz CT molecular complexity index is 951. The zero-order valence-corrected chi connectivity index (χ0v) is 21.7. The van der Waals surface area contributed by atoms with Gasteiger partial charge in [0.25, 0.3) is 5.91 Å². The number of hydrogen-bond donors (Lipinski definition) is 2. The van der Waals surface area contributed by atoms with Gasteiger partial charge in [-0.05, 0) is 67.6 Å². The lowest BCUT2D eigenvalue weighted by Gasteiger charge is -2.31. The predicted molar refractivity (Wildman–Crippen MR) is 142 cm³/mol. The Balaban J connectivity index is 1.19. The van der Waals surface area contributed by atoms with Gasteiger partial charge < -0.3 is 15.3 Å². The molecule has 0 saturated carbocycles. The minimum absolute atomic E-state index is 0.213. The van der Waals surface area contributed by atoms with Crippen molar-refractivity contribution in [2.45, 2.75) is 45.3 Å². The van der Waals surface area contributed by atoms with Crippen LogP contribution in [0.1, 0.15) is 47.1 Å². The normalized spacial score (nSPS) is 18.2. The van der Waals surface area contributed by atoms with Crippen molar-refractivity contribution in [3.8, 4) is 0 Å². The first-order chi connectivity index (χ1) is 17.1. The molecule has 2 aliphatic heterocycles. The molecular formula is C27H39N5O2S. The van der Waals surface area contributed by atoms with Crippen LogP contribution in [0.2, 0.25) is 0 Å². The summed E-state index contributed by atoms with van der Waals surface area (Å²) in [4.78, 5) is 26.1. The first-order valence-electron chi connectivity index (χ1n) is 13.0. The summed E-state index contributed by atoms with van der Waals surface area (Å²) in [5, 5.41) is 13.4. The minimum atomic E-state index is -0.619. The molecule has 1 aromatic heterocycles. The molecule has 1 aromatic carbocycles. The Morgan fingerprint density at radius 1 is 1.17 bits per heavy atom. The third kappa shape index (κ3) is 8.00. The average Bonchev–Trinajstić information content (AvgIpc) is 2.88. The molecule has 2 aliphatic rings. The monoisotopic (exact) mass is 497 g/mol. The van der Waals surface area contributed by atoms with E-state index in [0.717, 1.165) is 44.7 Å². The fourth-order valence-electron chi connectivity index (χ4n) is 5.05. The van der Waals surface area contributed by atoms with E-state index in [2.05, 4.69) is 56.3 Å². The number of benzene rings is 1. The van der Waals surface area contributed by atoms with Crippen LogP contribution in [0.5, 0.6) is 0 Å². The molecule has 1 fully saturated rings. The van der Waals surface area contributed by atoms with Crippen LogP contribution >= 0.6 is 11.8 Å². The van der Waals surface area contributed by atoms with E-state index in [1.54, 1.807) is 0 Å². The van der Waals surface area contributed by atoms with Gasteiger partial charge >= 0.3 is 0 Å². The van der Waals surface area contributed by atoms with E-state index in [-0.39, 0.29) is 12.5 Å². The molecule has 8 heteroatoms. The SMILES string of the molecule is CCSCCN1CCC(Cc2cc(C(=O)NC[C@H](O)CN3CCc4ccccc4C3)ncn2)CC1. The molecule has 1 saturated heterocycles. The van der Waals surface area contributed by atoms with Crippen LogP contribution in [-0.2, 0) is 19.4 Å². The summed E-state index contributed by atoms with van der Waals surface area (Å²) in [6.45, 7) is 8.21. The number of carbonyl (C=O) groups is 1. The fraction of sp³-hybridized carbons (Fsp3) is 0.593. The van der Waals surface area contributed by atoms with Crippen LogP contribution in [0.3, 0.4) is 0 Å². The number of fused-ring (bicyclic) bond motifs is 1. The number of aromatic nitrogens is 2. The maximum absolute atomic E-state index is 12.7. The van der Waals surface area contributed by atoms with Crippen LogP contribution in [0, 0.1) is 5.92 Å². The number of aliphatic hydroxyl groups excluding tert-OH is 1. The number of aliphatic hydroxyl groups is 1. The van der Waals surface area contributed by atoms with Crippen molar-refractivity contribution in [2.75, 3.05) is 50.8 Å². The molecule has 1 atom stereocenters. The largest absolute Gasteiger partial charge is 0.390 e. The van der Waals surface area contributed by atoms with Crippen LogP contribution < -0.4 is 5.32 Å². The lowest BCUT2D eigenvalue weighted by Crippen LogP contribution is -2.42. The van der Waals surface area contributed by atoms with Crippen molar-refractivity contribution < 1.29 is 9.90 Å². The zero-order valence-electron chi connectivity index (χ0n) is 20.9. The molecular weight excluding hydrogens is 458 g/mol. The van der Waals surface area contributed by atoms with Gasteiger partial charge in [0.2, 0.25) is 0 Å². The summed E-state index contributed by atoms with van der Waals surface area (Å²) in [5.74, 6) is 2.76. The molecule has 4 rings (SSSR count). The third-order valence-corrected chi connectivity index (χ3v) is 7.97. The van der Waals surface area contributed by atoms with E-state index in [1.165, 1.54) is 48.3 Å². The Hall–Kier alpha value is -2.00. The van der Waals surface area contributed by atoms with Crippen molar-refractivity contribution in [1.82, 2.24) is 25.1 Å². The summed E-state index contributed by atoms with van der Waals surface area (Å²) >= 11 is 2.01. The summed E-state index contributed by atoms with van der Waals surface area (Å²) in [7, 11) is 0. The lowest BCUT2D eigenvalue weighted by molar-refractivity contribution is 0.0837. The second-order valence-corrected chi connectivity index (χ2v) is 11.1. The first kappa shape index (κ1) is 26.1. The molecule has 2 aromatic rings. The van der Waals surface area contributed by atoms with Gasteiger partial charge in [-0.25, -0.2) is 9.97 Å². The summed E-state index contributed by atoms with van der Waals surface area (Å²) in [6.07, 6.45) is 5.11. The van der Waals surface area contributed by atoms with Crippen molar-refractivity contribution in [3.05, 3.63) is 59.2 Å². The van der Waals surface area contributed by atoms with Gasteiger partial charge in [0.05, 0.1) is 6.10 Å². The second-order valence-electron chi connectivity index (χ2n) is 9.70. The Labute approximate surface area is 213 Å². The molecule has 190 valence electrons. The standard InChI is InChI=1S/C27H39N5O2S/c1-2-35-14-13-31-10-7-21(8-11-31)15-24-16-26(30-20-29-24)27(34)28-17-25(33)19-32-12-9-22-5-3-4-6-23(22)18-32/h3-6,16,20-21,25,33H,2,7-15,17-19H2,1H3,(H,28,34)/t25-/m0/s1. The van der Waals surface area contributed by atoms with E-state index >= 15 is 0 Å². The average molecular weight is 498 g/mol. The van der Waals surface area contributed by atoms with Gasteiger partial charge in [-0.2, -0.15) is 11.8 Å². The van der Waals surface area contributed by atoms with E-state index in [4.69, 9.17) is 0 Å². The number of β-amino-alcohol motifs (C(OH)–C–C–N with tert-alkyl or cyclic N) is 1. The molecule has 7 nitrogen and oxygen atoms in total. The van der Waals surface area contributed by atoms with Gasteiger partial charge in [0.15, 0.2) is 0 Å². The van der Waals surface area contributed by atoms with Gasteiger partial charge in [-0.3, -0.25) is 9.69 Å². The topological polar surface area (TPSA) is 81.6 Å². The maximum Gasteiger partial charge on any atom is 0.270 e. The molecule has 35 heavy (non-hydrogen) atoms. The lowest BCUT2D eigenvalue weighted by atomic mass is 9.92. The fourth-order valence-corrected chi connectivity index (χ4v) is 5.73. The molecule has 3 heterocycles. The smallest absolute Gasteiger partial charge is 0.270 e. The number of thioether (sulfide) groups is 1. The minimum Gasteiger partial charge on any atom is -0.390 e. The van der Waals surface area contributed by atoms with Crippen LogP contribution in [0.4, 0.5) is 0 Å². The van der Waals surface area contributed by atoms with Gasteiger partial charge in [0, 0.05) is 44.2 Å². The van der Waals surface area contributed by atoms with Crippen molar-refractivity contribution in [1.29, 1.82) is 0 Å². The van der Waals surface area contributed by atoms with Crippen LogP contribution in [0.15, 0.2) is 36.7 Å². The third-order valence-electron chi connectivity index (χ3n) is 7.09. The summed E-state index contributed by atoms with van der Waals surface area (Å²) < 4.78 is 0. The quantitative estimate of drug-likeness (QED) is 0.462. The number of hydrogen-bond acceptors (Lipinski definition) is 7. The maximum atomic E-state index is 12.7. The summed E-state index contributed by atoms with van der Waals surface area (Å²) in [6, 6.07) is 10.3. The van der Waals surface area contributed by atoms with Crippen molar-refractivity contribution in [3.63, 3.8) is 0 Å². The summed E-state index contributed by atoms with van der Waals surface area (Å²) in [5.41, 5.74) is 4.02. The first-order valence-corrected chi connectivity index (χ1v) is 14.1. The Morgan fingerprint density at radius 2 is 1.97 bits per heavy atom. The predicted octanol–water partition coefficient (Wildman–Crippen LogP) is 2.63. The molecule has 0 spiro atoms. The number of nitrogens with one attached hydrogen (secondary N) is 1. The van der Waals surface area contributed by atoms with E-state index < -0.39 is 6.10 Å². The highest BCUT2D eigenvalue weighted by Crippen LogP contribution is 2.21. The number of amides is 1. The van der Waals surface area contributed by atoms with Gasteiger partial charge in [0.1, 0.15) is 12.0 Å².